The molecule has 1 fully saturated rings. The first kappa shape index (κ1) is 17.7. The molecule has 0 bridgehead atoms. The lowest BCUT2D eigenvalue weighted by Crippen LogP contribution is -2.59. The summed E-state index contributed by atoms with van der Waals surface area (Å²) in [5.41, 5.74) is 2.71. The van der Waals surface area contributed by atoms with Crippen LogP contribution in [0.3, 0.4) is 0 Å². The number of carbonyl (C=O) groups is 2. The molecule has 1 atom stereocenters. The van der Waals surface area contributed by atoms with E-state index in [0.29, 0.717) is 19.6 Å². The monoisotopic (exact) mass is 367 g/mol. The van der Waals surface area contributed by atoms with Gasteiger partial charge in [0.2, 0.25) is 11.8 Å². The van der Waals surface area contributed by atoms with Gasteiger partial charge < -0.3 is 10.6 Å². The molecule has 0 spiro atoms. The van der Waals surface area contributed by atoms with Crippen molar-refractivity contribution in [2.24, 2.45) is 0 Å². The molecule has 27 heavy (non-hydrogen) atoms. The van der Waals surface area contributed by atoms with E-state index in [4.69, 9.17) is 0 Å². The molecule has 0 saturated carbocycles. The van der Waals surface area contributed by atoms with Crippen LogP contribution in [0.25, 0.3) is 0 Å². The van der Waals surface area contributed by atoms with Gasteiger partial charge in [0, 0.05) is 38.1 Å². The van der Waals surface area contributed by atoms with Gasteiger partial charge in [-0.05, 0) is 30.0 Å². The summed E-state index contributed by atoms with van der Waals surface area (Å²) < 4.78 is 1.77. The van der Waals surface area contributed by atoms with Crippen LogP contribution in [0.5, 0.6) is 0 Å². The van der Waals surface area contributed by atoms with Gasteiger partial charge in [0.1, 0.15) is 0 Å². The van der Waals surface area contributed by atoms with Crippen molar-refractivity contribution in [3.63, 3.8) is 0 Å². The molecule has 2 aliphatic rings. The Labute approximate surface area is 158 Å². The number of hydrogen-bond donors (Lipinski definition) is 2. The summed E-state index contributed by atoms with van der Waals surface area (Å²) in [7, 11) is 0. The van der Waals surface area contributed by atoms with Crippen molar-refractivity contribution in [3.05, 3.63) is 53.9 Å². The van der Waals surface area contributed by atoms with E-state index in [1.807, 2.05) is 12.3 Å². The zero-order valence-corrected chi connectivity index (χ0v) is 15.3. The lowest BCUT2D eigenvalue weighted by Gasteiger charge is -2.38. The van der Waals surface area contributed by atoms with Gasteiger partial charge in [-0.1, -0.05) is 24.3 Å². The molecule has 1 aromatic heterocycles. The Morgan fingerprint density at radius 3 is 2.70 bits per heavy atom. The number of piperazine rings is 1. The second kappa shape index (κ2) is 7.92. The molecule has 2 aromatic rings. The van der Waals surface area contributed by atoms with Crippen molar-refractivity contribution in [2.45, 2.75) is 37.9 Å². The van der Waals surface area contributed by atoms with Crippen LogP contribution in [0.4, 0.5) is 0 Å². The molecule has 1 aliphatic carbocycles. The topological polar surface area (TPSA) is 79.3 Å². The summed E-state index contributed by atoms with van der Waals surface area (Å²) in [5.74, 6) is -0.135. The Morgan fingerprint density at radius 2 is 2.00 bits per heavy atom. The number of hydrogen-bond acceptors (Lipinski definition) is 4. The second-order valence-electron chi connectivity index (χ2n) is 7.20. The molecule has 1 aromatic carbocycles. The maximum absolute atomic E-state index is 12.5. The average molecular weight is 367 g/mol. The van der Waals surface area contributed by atoms with Crippen LogP contribution in [0, 0.1) is 0 Å². The third-order valence-corrected chi connectivity index (χ3v) is 5.47. The van der Waals surface area contributed by atoms with E-state index >= 15 is 0 Å². The molecular weight excluding hydrogens is 342 g/mol. The van der Waals surface area contributed by atoms with Crippen molar-refractivity contribution in [3.8, 4) is 0 Å². The first-order valence-electron chi connectivity index (χ1n) is 9.55. The van der Waals surface area contributed by atoms with E-state index in [1.54, 1.807) is 10.9 Å². The summed E-state index contributed by atoms with van der Waals surface area (Å²) in [5, 5.41) is 9.94. The molecule has 7 nitrogen and oxygen atoms in total. The highest BCUT2D eigenvalue weighted by atomic mass is 16.2. The average Bonchev–Trinajstić information content (AvgIpc) is 3.32. The number of aromatic nitrogens is 2. The SMILES string of the molecule is O=C(CC1C(=O)NCCN1C1Cc2ccccc2C1)NCCn1cccn1. The molecule has 1 unspecified atom stereocenters. The number of nitrogens with one attached hydrogen (secondary N) is 2. The Hall–Kier alpha value is -2.67. The van der Waals surface area contributed by atoms with Gasteiger partial charge >= 0.3 is 0 Å². The molecule has 2 amide bonds. The van der Waals surface area contributed by atoms with Crippen molar-refractivity contribution in [2.75, 3.05) is 19.6 Å². The number of nitrogens with zero attached hydrogens (tertiary/aromatic N) is 3. The highest BCUT2D eigenvalue weighted by Crippen LogP contribution is 2.28. The van der Waals surface area contributed by atoms with Crippen LogP contribution >= 0.6 is 0 Å². The van der Waals surface area contributed by atoms with Crippen molar-refractivity contribution >= 4 is 11.8 Å². The number of fused-ring (bicyclic) bond motifs is 1. The fourth-order valence-electron chi connectivity index (χ4n) is 4.14. The first-order chi connectivity index (χ1) is 13.2. The largest absolute Gasteiger partial charge is 0.354 e. The molecule has 4 rings (SSSR count). The fourth-order valence-corrected chi connectivity index (χ4v) is 4.14. The summed E-state index contributed by atoms with van der Waals surface area (Å²) in [6, 6.07) is 10.2. The van der Waals surface area contributed by atoms with Gasteiger partial charge in [0.25, 0.3) is 0 Å². The second-order valence-corrected chi connectivity index (χ2v) is 7.20. The van der Waals surface area contributed by atoms with E-state index in [1.165, 1.54) is 11.1 Å². The predicted octanol–water partition coefficient (Wildman–Crippen LogP) is 0.357. The molecule has 0 radical (unpaired) electrons. The molecule has 142 valence electrons. The Bertz CT molecular complexity index is 779. The van der Waals surface area contributed by atoms with Crippen LogP contribution in [-0.4, -0.2) is 58.2 Å². The molecular formula is C20H25N5O2. The van der Waals surface area contributed by atoms with Crippen molar-refractivity contribution in [1.82, 2.24) is 25.3 Å². The molecule has 2 N–H and O–H groups in total. The maximum atomic E-state index is 12.5. The first-order valence-corrected chi connectivity index (χ1v) is 9.55. The fraction of sp³-hybridized carbons (Fsp3) is 0.450. The summed E-state index contributed by atoms with van der Waals surface area (Å²) in [6.45, 7) is 2.56. The van der Waals surface area contributed by atoms with Crippen LogP contribution in [0.1, 0.15) is 17.5 Å². The van der Waals surface area contributed by atoms with Gasteiger partial charge in [-0.3, -0.25) is 19.2 Å². The molecule has 7 heteroatoms. The highest BCUT2D eigenvalue weighted by molar-refractivity contribution is 5.88. The van der Waals surface area contributed by atoms with E-state index in [-0.39, 0.29) is 24.3 Å². The quantitative estimate of drug-likeness (QED) is 0.773. The zero-order valence-electron chi connectivity index (χ0n) is 15.3. The lowest BCUT2D eigenvalue weighted by atomic mass is 10.0. The third kappa shape index (κ3) is 4.03. The van der Waals surface area contributed by atoms with E-state index in [2.05, 4.69) is 44.9 Å². The van der Waals surface area contributed by atoms with E-state index in [9.17, 15) is 9.59 Å². The van der Waals surface area contributed by atoms with E-state index in [0.717, 1.165) is 19.4 Å². The third-order valence-electron chi connectivity index (χ3n) is 5.47. The molecule has 2 heterocycles. The Balaban J connectivity index is 1.35. The minimum Gasteiger partial charge on any atom is -0.354 e. The zero-order chi connectivity index (χ0) is 18.6. The van der Waals surface area contributed by atoms with Gasteiger partial charge in [-0.2, -0.15) is 5.10 Å². The minimum absolute atomic E-state index is 0.0422. The van der Waals surface area contributed by atoms with Gasteiger partial charge in [0.15, 0.2) is 0 Å². The van der Waals surface area contributed by atoms with E-state index < -0.39 is 6.04 Å². The maximum Gasteiger partial charge on any atom is 0.237 e. The number of amides is 2. The molecule has 1 saturated heterocycles. The smallest absolute Gasteiger partial charge is 0.237 e. The summed E-state index contributed by atoms with van der Waals surface area (Å²) in [4.78, 5) is 27.1. The van der Waals surface area contributed by atoms with Gasteiger partial charge in [-0.25, -0.2) is 0 Å². The van der Waals surface area contributed by atoms with Crippen molar-refractivity contribution < 1.29 is 9.59 Å². The molecule has 1 aliphatic heterocycles. The number of rotatable bonds is 6. The van der Waals surface area contributed by atoms with Crippen LogP contribution in [0.2, 0.25) is 0 Å². The standard InChI is InChI=1S/C20H25N5O2/c26-19(21-7-10-24-9-3-6-23-24)14-18-20(27)22-8-11-25(18)17-12-15-4-1-2-5-16(15)13-17/h1-6,9,17-18H,7-8,10-14H2,(H,21,26)(H,22,27). The Morgan fingerprint density at radius 1 is 1.22 bits per heavy atom. The highest BCUT2D eigenvalue weighted by Gasteiger charge is 2.37. The van der Waals surface area contributed by atoms with Crippen molar-refractivity contribution in [1.29, 1.82) is 0 Å². The van der Waals surface area contributed by atoms with Gasteiger partial charge in [-0.15, -0.1) is 0 Å². The van der Waals surface area contributed by atoms with Crippen LogP contribution in [-0.2, 0) is 29.0 Å². The van der Waals surface area contributed by atoms with Crippen LogP contribution < -0.4 is 10.6 Å². The lowest BCUT2D eigenvalue weighted by molar-refractivity contribution is -0.135. The summed E-state index contributed by atoms with van der Waals surface area (Å²) in [6.07, 6.45) is 5.66. The number of benzene rings is 1. The predicted molar refractivity (Wildman–Crippen MR) is 101 cm³/mol. The summed E-state index contributed by atoms with van der Waals surface area (Å²) >= 11 is 0. The number of carbonyl (C=O) groups excluding carboxylic acids is 2. The normalized spacial score (nSPS) is 20.3. The van der Waals surface area contributed by atoms with Gasteiger partial charge in [0.05, 0.1) is 19.0 Å². The van der Waals surface area contributed by atoms with Crippen LogP contribution in [0.15, 0.2) is 42.7 Å². The minimum atomic E-state index is -0.400. The Kier molecular flexibility index (Phi) is 5.20.